The van der Waals surface area contributed by atoms with Gasteiger partial charge in [-0.1, -0.05) is 6.07 Å². The number of carbonyl (C=O) groups is 1. The van der Waals surface area contributed by atoms with E-state index in [2.05, 4.69) is 9.72 Å². The van der Waals surface area contributed by atoms with Crippen LogP contribution in [0.5, 0.6) is 5.75 Å². The minimum Gasteiger partial charge on any atom is -0.489 e. The zero-order chi connectivity index (χ0) is 20.5. The van der Waals surface area contributed by atoms with Gasteiger partial charge in [0, 0.05) is 27.4 Å². The number of pyridine rings is 1. The summed E-state index contributed by atoms with van der Waals surface area (Å²) in [5.41, 5.74) is 0.204. The van der Waals surface area contributed by atoms with E-state index in [4.69, 9.17) is 4.74 Å². The first-order valence-corrected chi connectivity index (χ1v) is 9.00. The average Bonchev–Trinajstić information content (AvgIpc) is 3.03. The summed E-state index contributed by atoms with van der Waals surface area (Å²) in [5, 5.41) is 2.01. The molecule has 0 bridgehead atoms. The van der Waals surface area contributed by atoms with E-state index in [1.807, 2.05) is 0 Å². The lowest BCUT2D eigenvalue weighted by molar-refractivity contribution is -0.141. The molecule has 0 aliphatic heterocycles. The molecule has 2 aromatic heterocycles. The number of aryl methyl sites for hydroxylation is 1. The van der Waals surface area contributed by atoms with Crippen molar-refractivity contribution in [3.8, 4) is 5.75 Å². The standard InChI is InChI=1S/C19H15F4NO3S/c1-10-11(3-4-16(24-10)19(21,22)23)8-27-13-6-14(20)18-12(5-17(25)26-2)9-28-15(18)7-13/h3-4,6-7,9H,5,8H2,1-2H3. The maximum absolute atomic E-state index is 14.5. The number of methoxy groups -OCH3 is 1. The Bertz CT molecular complexity index is 1030. The summed E-state index contributed by atoms with van der Waals surface area (Å²) in [4.78, 5) is 15.0. The lowest BCUT2D eigenvalue weighted by Gasteiger charge is -2.11. The summed E-state index contributed by atoms with van der Waals surface area (Å²) in [5.74, 6) is -0.782. The number of hydrogen-bond acceptors (Lipinski definition) is 5. The van der Waals surface area contributed by atoms with Crippen LogP contribution in [0.4, 0.5) is 17.6 Å². The Morgan fingerprint density at radius 1 is 1.21 bits per heavy atom. The first kappa shape index (κ1) is 20.1. The summed E-state index contributed by atoms with van der Waals surface area (Å²) in [6.45, 7) is 1.40. The Labute approximate surface area is 161 Å². The van der Waals surface area contributed by atoms with Gasteiger partial charge >= 0.3 is 12.1 Å². The molecule has 28 heavy (non-hydrogen) atoms. The predicted octanol–water partition coefficient (Wildman–Crippen LogP) is 5.06. The molecule has 0 aliphatic carbocycles. The molecule has 0 unspecified atom stereocenters. The molecule has 0 fully saturated rings. The SMILES string of the molecule is COC(=O)Cc1csc2cc(OCc3ccc(C(F)(F)F)nc3C)cc(F)c12. The molecule has 0 atom stereocenters. The van der Waals surface area contributed by atoms with Crippen LogP contribution in [0.3, 0.4) is 0 Å². The number of ether oxygens (including phenoxy) is 2. The van der Waals surface area contributed by atoms with Crippen molar-refractivity contribution in [3.63, 3.8) is 0 Å². The number of alkyl halides is 3. The van der Waals surface area contributed by atoms with Crippen LogP contribution in [-0.4, -0.2) is 18.1 Å². The molecule has 4 nitrogen and oxygen atoms in total. The molecule has 0 saturated heterocycles. The van der Waals surface area contributed by atoms with Gasteiger partial charge in [0.15, 0.2) is 0 Å². The van der Waals surface area contributed by atoms with Crippen molar-refractivity contribution in [1.82, 2.24) is 4.98 Å². The molecule has 3 rings (SSSR count). The van der Waals surface area contributed by atoms with Crippen molar-refractivity contribution >= 4 is 27.4 Å². The minimum absolute atomic E-state index is 0.0377. The molecule has 2 heterocycles. The minimum atomic E-state index is -4.51. The number of fused-ring (bicyclic) bond motifs is 1. The molecule has 0 saturated carbocycles. The fraction of sp³-hybridized carbons (Fsp3) is 0.263. The third kappa shape index (κ3) is 4.24. The maximum Gasteiger partial charge on any atom is 0.433 e. The van der Waals surface area contributed by atoms with Crippen molar-refractivity contribution in [2.24, 2.45) is 0 Å². The van der Waals surface area contributed by atoms with Gasteiger partial charge in [0.1, 0.15) is 23.9 Å². The first-order valence-electron chi connectivity index (χ1n) is 8.12. The summed E-state index contributed by atoms with van der Waals surface area (Å²) < 4.78 is 63.3. The number of aromatic nitrogens is 1. The number of thiophene rings is 1. The number of rotatable bonds is 5. The fourth-order valence-electron chi connectivity index (χ4n) is 2.66. The Morgan fingerprint density at radius 3 is 2.61 bits per heavy atom. The molecule has 9 heteroatoms. The van der Waals surface area contributed by atoms with Gasteiger partial charge in [0.2, 0.25) is 0 Å². The normalized spacial score (nSPS) is 11.6. The van der Waals surface area contributed by atoms with Gasteiger partial charge in [-0.3, -0.25) is 4.79 Å². The van der Waals surface area contributed by atoms with E-state index in [0.717, 1.165) is 6.07 Å². The molecule has 0 amide bonds. The van der Waals surface area contributed by atoms with Crippen LogP contribution in [0.15, 0.2) is 29.6 Å². The predicted molar refractivity (Wildman–Crippen MR) is 95.8 cm³/mol. The highest BCUT2D eigenvalue weighted by atomic mass is 32.1. The highest BCUT2D eigenvalue weighted by Gasteiger charge is 2.32. The van der Waals surface area contributed by atoms with Gasteiger partial charge in [-0.25, -0.2) is 9.37 Å². The van der Waals surface area contributed by atoms with Gasteiger partial charge in [0.25, 0.3) is 0 Å². The summed E-state index contributed by atoms with van der Waals surface area (Å²) >= 11 is 1.26. The largest absolute Gasteiger partial charge is 0.489 e. The van der Waals surface area contributed by atoms with E-state index < -0.39 is 23.7 Å². The van der Waals surface area contributed by atoms with E-state index in [1.54, 1.807) is 11.4 Å². The zero-order valence-electron chi connectivity index (χ0n) is 14.9. The Kier molecular flexibility index (Phi) is 5.55. The van der Waals surface area contributed by atoms with E-state index >= 15 is 0 Å². The van der Waals surface area contributed by atoms with Crippen LogP contribution in [0.1, 0.15) is 22.5 Å². The third-order valence-electron chi connectivity index (χ3n) is 4.12. The maximum atomic E-state index is 14.5. The molecule has 148 valence electrons. The van der Waals surface area contributed by atoms with Crippen molar-refractivity contribution in [2.45, 2.75) is 26.1 Å². The van der Waals surface area contributed by atoms with Gasteiger partial charge in [0.05, 0.1) is 13.5 Å². The highest BCUT2D eigenvalue weighted by molar-refractivity contribution is 7.17. The second-order valence-corrected chi connectivity index (χ2v) is 6.93. The molecule has 3 aromatic rings. The summed E-state index contributed by atoms with van der Waals surface area (Å²) in [6, 6.07) is 4.98. The molecular weight excluding hydrogens is 398 g/mol. The second kappa shape index (κ2) is 7.75. The Hall–Kier alpha value is -2.68. The monoisotopic (exact) mass is 413 g/mol. The molecule has 1 aromatic carbocycles. The van der Waals surface area contributed by atoms with Gasteiger partial charge < -0.3 is 9.47 Å². The van der Waals surface area contributed by atoms with Crippen molar-refractivity contribution in [3.05, 3.63) is 58.0 Å². The number of halogens is 4. The molecule has 0 aliphatic rings. The van der Waals surface area contributed by atoms with E-state index in [-0.39, 0.29) is 24.5 Å². The van der Waals surface area contributed by atoms with Crippen molar-refractivity contribution < 1.29 is 31.8 Å². The molecule has 0 radical (unpaired) electrons. The first-order chi connectivity index (χ1) is 13.2. The van der Waals surface area contributed by atoms with Crippen LogP contribution in [0.2, 0.25) is 0 Å². The summed E-state index contributed by atoms with van der Waals surface area (Å²) in [6.07, 6.45) is -4.55. The van der Waals surface area contributed by atoms with Crippen LogP contribution >= 0.6 is 11.3 Å². The highest BCUT2D eigenvalue weighted by Crippen LogP contribution is 2.33. The van der Waals surface area contributed by atoms with E-state index in [9.17, 15) is 22.4 Å². The lowest BCUT2D eigenvalue weighted by atomic mass is 10.1. The summed E-state index contributed by atoms with van der Waals surface area (Å²) in [7, 11) is 1.26. The van der Waals surface area contributed by atoms with Gasteiger partial charge in [-0.05, 0) is 30.0 Å². The number of nitrogens with zero attached hydrogens (tertiary/aromatic N) is 1. The van der Waals surface area contributed by atoms with Crippen LogP contribution in [0.25, 0.3) is 10.1 Å². The molecule has 0 spiro atoms. The topological polar surface area (TPSA) is 48.4 Å². The van der Waals surface area contributed by atoms with Crippen molar-refractivity contribution in [2.75, 3.05) is 7.11 Å². The number of esters is 1. The van der Waals surface area contributed by atoms with E-state index in [1.165, 1.54) is 37.5 Å². The third-order valence-corrected chi connectivity index (χ3v) is 5.10. The van der Waals surface area contributed by atoms with Crippen LogP contribution in [0, 0.1) is 12.7 Å². The molecule has 0 N–H and O–H groups in total. The van der Waals surface area contributed by atoms with E-state index in [0.29, 0.717) is 21.2 Å². The fourth-order valence-corrected chi connectivity index (χ4v) is 3.66. The second-order valence-electron chi connectivity index (χ2n) is 6.02. The Morgan fingerprint density at radius 2 is 1.96 bits per heavy atom. The molecular formula is C19H15F4NO3S. The number of carbonyl (C=O) groups excluding carboxylic acids is 1. The van der Waals surface area contributed by atoms with Crippen molar-refractivity contribution in [1.29, 1.82) is 0 Å². The smallest absolute Gasteiger partial charge is 0.433 e. The lowest BCUT2D eigenvalue weighted by Crippen LogP contribution is -2.10. The van der Waals surface area contributed by atoms with Gasteiger partial charge in [-0.2, -0.15) is 13.2 Å². The zero-order valence-corrected chi connectivity index (χ0v) is 15.7. The Balaban J connectivity index is 1.79. The number of benzene rings is 1. The number of hydrogen-bond donors (Lipinski definition) is 0. The van der Waals surface area contributed by atoms with Gasteiger partial charge in [-0.15, -0.1) is 11.3 Å². The van der Waals surface area contributed by atoms with Crippen LogP contribution < -0.4 is 4.74 Å². The quantitative estimate of drug-likeness (QED) is 0.434. The van der Waals surface area contributed by atoms with Crippen LogP contribution in [-0.2, 0) is 28.7 Å². The average molecular weight is 413 g/mol.